The zero-order valence-corrected chi connectivity index (χ0v) is 12.5. The highest BCUT2D eigenvalue weighted by Gasteiger charge is 2.12. The summed E-state index contributed by atoms with van der Waals surface area (Å²) in [5.41, 5.74) is 2.81. The van der Waals surface area contributed by atoms with E-state index in [1.165, 1.54) is 11.1 Å². The van der Waals surface area contributed by atoms with Crippen LogP contribution in [0.4, 0.5) is 0 Å². The Morgan fingerprint density at radius 3 is 2.29 bits per heavy atom. The van der Waals surface area contributed by atoms with E-state index in [2.05, 4.69) is 77.7 Å². The lowest BCUT2D eigenvalue weighted by molar-refractivity contribution is 0.589. The van der Waals surface area contributed by atoms with Gasteiger partial charge in [0.25, 0.3) is 0 Å². The summed E-state index contributed by atoms with van der Waals surface area (Å²) in [6, 6.07) is 8.71. The molecule has 3 nitrogen and oxygen atoms in total. The van der Waals surface area contributed by atoms with E-state index >= 15 is 0 Å². The van der Waals surface area contributed by atoms with Crippen molar-refractivity contribution in [3.8, 4) is 0 Å². The Morgan fingerprint density at radius 1 is 1.18 bits per heavy atom. The largest absolute Gasteiger partial charge is 0.247 e. The van der Waals surface area contributed by atoms with E-state index in [1.54, 1.807) is 6.33 Å². The van der Waals surface area contributed by atoms with Crippen molar-refractivity contribution in [2.45, 2.75) is 32.7 Å². The Morgan fingerprint density at radius 2 is 1.82 bits per heavy atom. The molecule has 0 N–H and O–H groups in total. The minimum atomic E-state index is 0.209. The lowest BCUT2D eigenvalue weighted by Crippen LogP contribution is -2.11. The standard InChI is InChI=1S/C13H16IN3/c1-13(2,3)11-6-4-10(5-7-11)8-17-9-15-12(14)16-17/h4-7,9H,8H2,1-3H3. The molecule has 1 aromatic heterocycles. The van der Waals surface area contributed by atoms with Crippen LogP contribution in [0, 0.1) is 3.83 Å². The number of hydrogen-bond acceptors (Lipinski definition) is 2. The van der Waals surface area contributed by atoms with Gasteiger partial charge in [-0.1, -0.05) is 45.0 Å². The topological polar surface area (TPSA) is 30.7 Å². The summed E-state index contributed by atoms with van der Waals surface area (Å²) < 4.78 is 2.64. The third kappa shape index (κ3) is 3.28. The highest BCUT2D eigenvalue weighted by Crippen LogP contribution is 2.22. The first-order chi connectivity index (χ1) is 7.95. The molecule has 0 amide bonds. The third-order valence-electron chi connectivity index (χ3n) is 2.67. The number of hydrogen-bond donors (Lipinski definition) is 0. The Hall–Kier alpha value is -0.910. The minimum absolute atomic E-state index is 0.209. The summed E-state index contributed by atoms with van der Waals surface area (Å²) in [4.78, 5) is 4.11. The summed E-state index contributed by atoms with van der Waals surface area (Å²) in [5, 5.41) is 4.27. The first kappa shape index (κ1) is 12.5. The summed E-state index contributed by atoms with van der Waals surface area (Å²) in [5.74, 6) is 0. The highest BCUT2D eigenvalue weighted by molar-refractivity contribution is 14.1. The second-order valence-corrected chi connectivity index (χ2v) is 6.12. The summed E-state index contributed by atoms with van der Waals surface area (Å²) in [6.45, 7) is 7.45. The van der Waals surface area contributed by atoms with Crippen LogP contribution in [0.3, 0.4) is 0 Å². The van der Waals surface area contributed by atoms with Gasteiger partial charge in [0, 0.05) is 22.6 Å². The molecule has 90 valence electrons. The van der Waals surface area contributed by atoms with E-state index in [1.807, 2.05) is 4.68 Å². The van der Waals surface area contributed by atoms with Crippen molar-refractivity contribution in [2.75, 3.05) is 0 Å². The van der Waals surface area contributed by atoms with Gasteiger partial charge in [0.1, 0.15) is 6.33 Å². The Balaban J connectivity index is 2.13. The normalized spacial score (nSPS) is 11.8. The van der Waals surface area contributed by atoms with E-state index in [0.29, 0.717) is 0 Å². The second kappa shape index (κ2) is 4.76. The molecular weight excluding hydrogens is 325 g/mol. The van der Waals surface area contributed by atoms with Crippen molar-refractivity contribution in [2.24, 2.45) is 0 Å². The van der Waals surface area contributed by atoms with Crippen molar-refractivity contribution in [1.29, 1.82) is 0 Å². The Bertz CT molecular complexity index is 494. The van der Waals surface area contributed by atoms with E-state index < -0.39 is 0 Å². The monoisotopic (exact) mass is 341 g/mol. The van der Waals surface area contributed by atoms with Crippen LogP contribution < -0.4 is 0 Å². The smallest absolute Gasteiger partial charge is 0.211 e. The van der Waals surface area contributed by atoms with Crippen LogP contribution >= 0.6 is 22.6 Å². The van der Waals surface area contributed by atoms with Crippen molar-refractivity contribution >= 4 is 22.6 Å². The Kier molecular flexibility index (Phi) is 3.51. The molecule has 0 saturated heterocycles. The molecule has 0 aliphatic rings. The fourth-order valence-electron chi connectivity index (χ4n) is 1.65. The average molecular weight is 341 g/mol. The summed E-state index contributed by atoms with van der Waals surface area (Å²) in [6.07, 6.45) is 1.76. The van der Waals surface area contributed by atoms with Gasteiger partial charge >= 0.3 is 0 Å². The fourth-order valence-corrected chi connectivity index (χ4v) is 2.05. The molecule has 17 heavy (non-hydrogen) atoms. The maximum Gasteiger partial charge on any atom is 0.211 e. The number of nitrogens with zero attached hydrogens (tertiary/aromatic N) is 3. The molecule has 0 bridgehead atoms. The first-order valence-corrected chi connectivity index (χ1v) is 6.67. The van der Waals surface area contributed by atoms with Crippen molar-refractivity contribution in [3.63, 3.8) is 0 Å². The molecule has 0 aliphatic carbocycles. The van der Waals surface area contributed by atoms with Gasteiger partial charge in [-0.3, -0.25) is 0 Å². The van der Waals surface area contributed by atoms with Gasteiger partial charge in [0.05, 0.1) is 6.54 Å². The molecule has 0 unspecified atom stereocenters. The molecule has 2 aromatic rings. The maximum absolute atomic E-state index is 4.27. The molecule has 0 atom stereocenters. The van der Waals surface area contributed by atoms with Gasteiger partial charge in [0.15, 0.2) is 0 Å². The molecule has 1 heterocycles. The van der Waals surface area contributed by atoms with Gasteiger partial charge < -0.3 is 0 Å². The van der Waals surface area contributed by atoms with Crippen LogP contribution in [-0.2, 0) is 12.0 Å². The molecule has 0 radical (unpaired) electrons. The highest BCUT2D eigenvalue weighted by atomic mass is 127. The van der Waals surface area contributed by atoms with Gasteiger partial charge in [0.2, 0.25) is 3.83 Å². The molecule has 0 spiro atoms. The molecule has 0 fully saturated rings. The second-order valence-electron chi connectivity index (χ2n) is 5.16. The van der Waals surface area contributed by atoms with Crippen molar-refractivity contribution in [1.82, 2.24) is 14.8 Å². The number of rotatable bonds is 2. The van der Waals surface area contributed by atoms with E-state index in [9.17, 15) is 0 Å². The Labute approximate surface area is 115 Å². The zero-order valence-electron chi connectivity index (χ0n) is 10.3. The zero-order chi connectivity index (χ0) is 12.5. The SMILES string of the molecule is CC(C)(C)c1ccc(Cn2cnc(I)n2)cc1. The molecule has 2 rings (SSSR count). The fraction of sp³-hybridized carbons (Fsp3) is 0.385. The predicted octanol–water partition coefficient (Wildman–Crippen LogP) is 3.23. The van der Waals surface area contributed by atoms with Gasteiger partial charge in [-0.15, -0.1) is 5.10 Å². The van der Waals surface area contributed by atoms with Crippen LogP contribution in [-0.4, -0.2) is 14.8 Å². The van der Waals surface area contributed by atoms with E-state index in [0.717, 1.165) is 10.4 Å². The maximum atomic E-state index is 4.27. The summed E-state index contributed by atoms with van der Waals surface area (Å²) in [7, 11) is 0. The average Bonchev–Trinajstić information content (AvgIpc) is 2.63. The minimum Gasteiger partial charge on any atom is -0.247 e. The van der Waals surface area contributed by atoms with Gasteiger partial charge in [-0.25, -0.2) is 9.67 Å². The van der Waals surface area contributed by atoms with Crippen LogP contribution in [0.25, 0.3) is 0 Å². The van der Waals surface area contributed by atoms with Crippen molar-refractivity contribution in [3.05, 3.63) is 45.6 Å². The summed E-state index contributed by atoms with van der Waals surface area (Å²) >= 11 is 2.12. The quantitative estimate of drug-likeness (QED) is 0.786. The molecule has 1 aromatic carbocycles. The predicted molar refractivity (Wildman–Crippen MR) is 77.0 cm³/mol. The molecular formula is C13H16IN3. The number of aromatic nitrogens is 3. The first-order valence-electron chi connectivity index (χ1n) is 5.59. The van der Waals surface area contributed by atoms with Crippen LogP contribution in [0.1, 0.15) is 31.9 Å². The third-order valence-corrected chi connectivity index (χ3v) is 3.17. The van der Waals surface area contributed by atoms with Gasteiger partial charge in [-0.05, 0) is 16.5 Å². The lowest BCUT2D eigenvalue weighted by Gasteiger charge is -2.19. The van der Waals surface area contributed by atoms with E-state index in [-0.39, 0.29) is 5.41 Å². The molecule has 4 heteroatoms. The van der Waals surface area contributed by atoms with E-state index in [4.69, 9.17) is 0 Å². The lowest BCUT2D eigenvalue weighted by atomic mass is 9.87. The molecule has 0 saturated carbocycles. The van der Waals surface area contributed by atoms with Crippen LogP contribution in [0.2, 0.25) is 0 Å². The van der Waals surface area contributed by atoms with Crippen LogP contribution in [0.5, 0.6) is 0 Å². The molecule has 0 aliphatic heterocycles. The van der Waals surface area contributed by atoms with Crippen molar-refractivity contribution < 1.29 is 0 Å². The number of halogens is 1. The number of benzene rings is 1. The van der Waals surface area contributed by atoms with Gasteiger partial charge in [-0.2, -0.15) is 0 Å². The van der Waals surface area contributed by atoms with Crippen LogP contribution in [0.15, 0.2) is 30.6 Å².